The second kappa shape index (κ2) is 6.20. The number of hydrogen-bond donors (Lipinski definition) is 3. The van der Waals surface area contributed by atoms with E-state index in [-0.39, 0.29) is 23.1 Å². The van der Waals surface area contributed by atoms with Crippen LogP contribution in [0.3, 0.4) is 0 Å². The highest BCUT2D eigenvalue weighted by Crippen LogP contribution is 2.17. The molecule has 7 nitrogen and oxygen atoms in total. The van der Waals surface area contributed by atoms with Gasteiger partial charge in [-0.25, -0.2) is 4.79 Å². The van der Waals surface area contributed by atoms with Gasteiger partial charge in [0.1, 0.15) is 6.04 Å². The van der Waals surface area contributed by atoms with Gasteiger partial charge in [-0.15, -0.1) is 0 Å². The molecule has 0 bridgehead atoms. The van der Waals surface area contributed by atoms with Crippen LogP contribution >= 0.6 is 15.9 Å². The van der Waals surface area contributed by atoms with Gasteiger partial charge in [0, 0.05) is 6.42 Å². The minimum atomic E-state index is -1.29. The highest BCUT2D eigenvalue weighted by molar-refractivity contribution is 9.10. The number of nitrogens with one attached hydrogen (secondary N) is 1. The highest BCUT2D eigenvalue weighted by Gasteiger charge is 2.23. The van der Waals surface area contributed by atoms with E-state index in [4.69, 9.17) is 14.6 Å². The average molecular weight is 320 g/mol. The molecule has 98 valence electrons. The van der Waals surface area contributed by atoms with Crippen LogP contribution in [0.25, 0.3) is 0 Å². The van der Waals surface area contributed by atoms with Gasteiger partial charge < -0.3 is 19.9 Å². The van der Waals surface area contributed by atoms with E-state index in [1.165, 1.54) is 12.3 Å². The molecule has 0 saturated carbocycles. The predicted octanol–water partition coefficient (Wildman–Crippen LogP) is 1.09. The summed E-state index contributed by atoms with van der Waals surface area (Å²) in [4.78, 5) is 32.9. The van der Waals surface area contributed by atoms with Gasteiger partial charge in [0.15, 0.2) is 4.67 Å². The van der Waals surface area contributed by atoms with Gasteiger partial charge in [0.2, 0.25) is 0 Å². The molecule has 3 N–H and O–H groups in total. The quantitative estimate of drug-likeness (QED) is 0.722. The van der Waals surface area contributed by atoms with Crippen molar-refractivity contribution in [2.24, 2.45) is 0 Å². The van der Waals surface area contributed by atoms with Crippen LogP contribution in [0.5, 0.6) is 0 Å². The summed E-state index contributed by atoms with van der Waals surface area (Å²) >= 11 is 2.99. The molecule has 8 heteroatoms. The van der Waals surface area contributed by atoms with Crippen molar-refractivity contribution in [3.63, 3.8) is 0 Å². The van der Waals surface area contributed by atoms with Gasteiger partial charge in [-0.1, -0.05) is 0 Å². The number of furan rings is 1. The molecule has 1 atom stereocenters. The first-order chi connectivity index (χ1) is 8.41. The third kappa shape index (κ3) is 3.88. The molecule has 0 aliphatic rings. The van der Waals surface area contributed by atoms with E-state index >= 15 is 0 Å². The lowest BCUT2D eigenvalue weighted by molar-refractivity contribution is -0.140. The van der Waals surface area contributed by atoms with Crippen molar-refractivity contribution in [2.45, 2.75) is 18.9 Å². The molecular weight excluding hydrogens is 310 g/mol. The molecule has 0 radical (unpaired) electrons. The smallest absolute Gasteiger partial charge is 0.326 e. The first-order valence-corrected chi connectivity index (χ1v) is 5.69. The van der Waals surface area contributed by atoms with Crippen molar-refractivity contribution in [1.29, 1.82) is 0 Å². The van der Waals surface area contributed by atoms with Crippen LogP contribution in [0.2, 0.25) is 0 Å². The SMILES string of the molecule is O=C(O)CCC(NC(=O)c1ccoc1Br)C(=O)O. The van der Waals surface area contributed by atoms with Crippen LogP contribution in [0, 0.1) is 0 Å². The lowest BCUT2D eigenvalue weighted by Gasteiger charge is -2.12. The van der Waals surface area contributed by atoms with Gasteiger partial charge in [0.25, 0.3) is 5.91 Å². The van der Waals surface area contributed by atoms with Gasteiger partial charge in [-0.2, -0.15) is 0 Å². The zero-order chi connectivity index (χ0) is 13.7. The van der Waals surface area contributed by atoms with Crippen LogP contribution in [0.4, 0.5) is 0 Å². The van der Waals surface area contributed by atoms with Crippen molar-refractivity contribution in [3.8, 4) is 0 Å². The Balaban J connectivity index is 2.67. The molecule has 1 aromatic rings. The highest BCUT2D eigenvalue weighted by atomic mass is 79.9. The third-order valence-electron chi connectivity index (χ3n) is 2.11. The van der Waals surface area contributed by atoms with Crippen LogP contribution in [0.15, 0.2) is 21.4 Å². The second-order valence-electron chi connectivity index (χ2n) is 3.40. The summed E-state index contributed by atoms with van der Waals surface area (Å²) in [6, 6.07) is 0.116. The standard InChI is InChI=1S/C10H10BrNO6/c11-8-5(3-4-18-8)9(15)12-6(10(16)17)1-2-7(13)14/h3-4,6H,1-2H2,(H,12,15)(H,13,14)(H,16,17). The van der Waals surface area contributed by atoms with Crippen molar-refractivity contribution < 1.29 is 29.0 Å². The fraction of sp³-hybridized carbons (Fsp3) is 0.300. The van der Waals surface area contributed by atoms with Gasteiger partial charge in [0.05, 0.1) is 11.8 Å². The van der Waals surface area contributed by atoms with Crippen molar-refractivity contribution in [1.82, 2.24) is 5.32 Å². The molecule has 1 heterocycles. The number of aliphatic carboxylic acids is 2. The Morgan fingerprint density at radius 1 is 1.39 bits per heavy atom. The van der Waals surface area contributed by atoms with Gasteiger partial charge >= 0.3 is 11.9 Å². The number of carboxylic acid groups (broad SMARTS) is 2. The zero-order valence-electron chi connectivity index (χ0n) is 9.05. The van der Waals surface area contributed by atoms with E-state index in [0.717, 1.165) is 0 Å². The number of carboxylic acids is 2. The maximum absolute atomic E-state index is 11.7. The van der Waals surface area contributed by atoms with Gasteiger partial charge in [-0.3, -0.25) is 9.59 Å². The summed E-state index contributed by atoms with van der Waals surface area (Å²) in [7, 11) is 0. The number of carbonyl (C=O) groups excluding carboxylic acids is 1. The second-order valence-corrected chi connectivity index (χ2v) is 4.12. The molecule has 0 aliphatic heterocycles. The maximum Gasteiger partial charge on any atom is 0.326 e. The number of rotatable bonds is 6. The minimum Gasteiger partial charge on any atom is -0.481 e. The molecule has 1 unspecified atom stereocenters. The lowest BCUT2D eigenvalue weighted by Crippen LogP contribution is -2.41. The lowest BCUT2D eigenvalue weighted by atomic mass is 10.1. The Bertz CT molecular complexity index is 469. The van der Waals surface area contributed by atoms with Crippen molar-refractivity contribution in [3.05, 3.63) is 22.6 Å². The van der Waals surface area contributed by atoms with Crippen molar-refractivity contribution >= 4 is 33.8 Å². The molecule has 0 fully saturated rings. The third-order valence-corrected chi connectivity index (χ3v) is 2.73. The monoisotopic (exact) mass is 319 g/mol. The Morgan fingerprint density at radius 3 is 2.50 bits per heavy atom. The van der Waals surface area contributed by atoms with Crippen molar-refractivity contribution in [2.75, 3.05) is 0 Å². The Hall–Kier alpha value is -1.83. The largest absolute Gasteiger partial charge is 0.481 e. The summed E-state index contributed by atoms with van der Waals surface area (Å²) < 4.78 is 5.02. The van der Waals surface area contributed by atoms with Crippen LogP contribution in [-0.2, 0) is 9.59 Å². The first-order valence-electron chi connectivity index (χ1n) is 4.90. The Labute approximate surface area is 110 Å². The van der Waals surface area contributed by atoms with Gasteiger partial charge in [-0.05, 0) is 28.4 Å². The normalized spacial score (nSPS) is 11.8. The van der Waals surface area contributed by atoms with Crippen LogP contribution in [-0.4, -0.2) is 34.1 Å². The average Bonchev–Trinajstić information content (AvgIpc) is 2.69. The Kier molecular flexibility index (Phi) is 4.90. The molecule has 0 aromatic carbocycles. The fourth-order valence-electron chi connectivity index (χ4n) is 1.22. The van der Waals surface area contributed by atoms with E-state index in [9.17, 15) is 14.4 Å². The summed E-state index contributed by atoms with van der Waals surface area (Å²) in [6.07, 6.45) is 0.738. The fourth-order valence-corrected chi connectivity index (χ4v) is 1.64. The molecule has 1 amide bonds. The number of halogens is 1. The number of hydrogen-bond acceptors (Lipinski definition) is 4. The van der Waals surface area contributed by atoms with E-state index in [0.29, 0.717) is 0 Å². The molecule has 0 aliphatic carbocycles. The topological polar surface area (TPSA) is 117 Å². The maximum atomic E-state index is 11.7. The predicted molar refractivity (Wildman–Crippen MR) is 62.2 cm³/mol. The number of carbonyl (C=O) groups is 3. The summed E-state index contributed by atoms with van der Waals surface area (Å²) in [6.45, 7) is 0. The van der Waals surface area contributed by atoms with Crippen LogP contribution in [0.1, 0.15) is 23.2 Å². The zero-order valence-corrected chi connectivity index (χ0v) is 10.6. The van der Waals surface area contributed by atoms with E-state index in [2.05, 4.69) is 21.2 Å². The summed E-state index contributed by atoms with van der Waals surface area (Å²) in [5.74, 6) is -3.06. The van der Waals surface area contributed by atoms with E-state index < -0.39 is 23.9 Å². The van der Waals surface area contributed by atoms with E-state index in [1.54, 1.807) is 0 Å². The molecule has 1 rings (SSSR count). The molecule has 1 aromatic heterocycles. The minimum absolute atomic E-state index is 0.150. The van der Waals surface area contributed by atoms with Crippen LogP contribution < -0.4 is 5.32 Å². The summed E-state index contributed by atoms with van der Waals surface area (Å²) in [5.41, 5.74) is 0.150. The summed E-state index contributed by atoms with van der Waals surface area (Å²) in [5, 5.41) is 19.6. The molecule has 0 saturated heterocycles. The Morgan fingerprint density at radius 2 is 2.06 bits per heavy atom. The number of amides is 1. The molecular formula is C10H10BrNO6. The first kappa shape index (κ1) is 14.2. The molecule has 18 heavy (non-hydrogen) atoms. The molecule has 0 spiro atoms. The van der Waals surface area contributed by atoms with E-state index in [1.807, 2.05) is 0 Å².